The summed E-state index contributed by atoms with van der Waals surface area (Å²) in [5.74, 6) is -0.0897. The van der Waals surface area contributed by atoms with Gasteiger partial charge in [0.25, 0.3) is 0 Å². The number of rotatable bonds is 3. The number of nitrogens with one attached hydrogen (secondary N) is 1. The van der Waals surface area contributed by atoms with Crippen molar-refractivity contribution in [2.75, 3.05) is 0 Å². The first-order chi connectivity index (χ1) is 6.52. The average Bonchev–Trinajstić information content (AvgIpc) is 2.08. The van der Waals surface area contributed by atoms with Gasteiger partial charge in [-0.15, -0.1) is 0 Å². The van der Waals surface area contributed by atoms with Crippen molar-refractivity contribution in [3.8, 4) is 0 Å². The zero-order valence-corrected chi connectivity index (χ0v) is 9.26. The fourth-order valence-corrected chi connectivity index (χ4v) is 1.59. The molecule has 0 saturated heterocycles. The largest absolute Gasteiger partial charge is 0.308 e. The maximum Gasteiger partial charge on any atom is 0.130 e. The van der Waals surface area contributed by atoms with Crippen molar-refractivity contribution in [2.24, 2.45) is 0 Å². The van der Waals surface area contributed by atoms with Gasteiger partial charge in [0.1, 0.15) is 5.82 Å². The first-order valence-electron chi connectivity index (χ1n) is 5.03. The van der Waals surface area contributed by atoms with Gasteiger partial charge in [-0.1, -0.05) is 32.0 Å². The van der Waals surface area contributed by atoms with Crippen LogP contribution >= 0.6 is 0 Å². The van der Waals surface area contributed by atoms with E-state index in [0.29, 0.717) is 11.6 Å². The molecule has 1 aromatic carbocycles. The lowest BCUT2D eigenvalue weighted by Gasteiger charge is -2.18. The summed E-state index contributed by atoms with van der Waals surface area (Å²) >= 11 is 0. The fraction of sp³-hybridized carbons (Fsp3) is 0.500. The second-order valence-corrected chi connectivity index (χ2v) is 4.02. The number of hydrogen-bond acceptors (Lipinski definition) is 1. The molecule has 1 aromatic rings. The van der Waals surface area contributed by atoms with E-state index in [0.717, 1.165) is 5.56 Å². The molecule has 0 aromatic heterocycles. The predicted molar refractivity (Wildman–Crippen MR) is 57.8 cm³/mol. The minimum atomic E-state index is -0.0897. The van der Waals surface area contributed by atoms with E-state index >= 15 is 0 Å². The SMILES string of the molecule is Cc1cccc([C@@H](C)NC(C)C)c1F. The molecule has 0 unspecified atom stereocenters. The van der Waals surface area contributed by atoms with Gasteiger partial charge in [0.15, 0.2) is 0 Å². The number of aryl methyl sites for hydroxylation is 1. The Kier molecular flexibility index (Phi) is 3.64. The highest BCUT2D eigenvalue weighted by atomic mass is 19.1. The van der Waals surface area contributed by atoms with Gasteiger partial charge < -0.3 is 5.32 Å². The average molecular weight is 195 g/mol. The number of benzene rings is 1. The maximum absolute atomic E-state index is 13.7. The minimum Gasteiger partial charge on any atom is -0.308 e. The lowest BCUT2D eigenvalue weighted by molar-refractivity contribution is 0.481. The summed E-state index contributed by atoms with van der Waals surface area (Å²) in [6.07, 6.45) is 0. The van der Waals surface area contributed by atoms with Crippen LogP contribution in [0.3, 0.4) is 0 Å². The third kappa shape index (κ3) is 2.55. The van der Waals surface area contributed by atoms with Crippen LogP contribution in [-0.4, -0.2) is 6.04 Å². The van der Waals surface area contributed by atoms with E-state index < -0.39 is 0 Å². The topological polar surface area (TPSA) is 12.0 Å². The Morgan fingerprint density at radius 1 is 1.21 bits per heavy atom. The van der Waals surface area contributed by atoms with Crippen molar-refractivity contribution in [1.29, 1.82) is 0 Å². The van der Waals surface area contributed by atoms with Crippen LogP contribution in [0.4, 0.5) is 4.39 Å². The summed E-state index contributed by atoms with van der Waals surface area (Å²) in [7, 11) is 0. The van der Waals surface area contributed by atoms with Crippen molar-refractivity contribution in [3.05, 3.63) is 35.1 Å². The molecule has 2 heteroatoms. The third-order valence-corrected chi connectivity index (χ3v) is 2.27. The molecule has 1 nitrogen and oxygen atoms in total. The minimum absolute atomic E-state index is 0.0647. The number of halogens is 1. The molecule has 14 heavy (non-hydrogen) atoms. The molecule has 0 spiro atoms. The molecule has 1 N–H and O–H groups in total. The van der Waals surface area contributed by atoms with Crippen LogP contribution in [0.25, 0.3) is 0 Å². The molecule has 0 amide bonds. The molecule has 0 heterocycles. The molecule has 0 radical (unpaired) electrons. The Morgan fingerprint density at radius 3 is 2.43 bits per heavy atom. The summed E-state index contributed by atoms with van der Waals surface area (Å²) in [4.78, 5) is 0. The third-order valence-electron chi connectivity index (χ3n) is 2.27. The number of hydrogen-bond donors (Lipinski definition) is 1. The molecule has 0 saturated carbocycles. The normalized spacial score (nSPS) is 13.3. The molecule has 1 atom stereocenters. The molecule has 0 bridgehead atoms. The molecule has 78 valence electrons. The smallest absolute Gasteiger partial charge is 0.130 e. The summed E-state index contributed by atoms with van der Waals surface area (Å²) in [5.41, 5.74) is 1.46. The van der Waals surface area contributed by atoms with Crippen molar-refractivity contribution < 1.29 is 4.39 Å². The van der Waals surface area contributed by atoms with Crippen LogP contribution in [0.2, 0.25) is 0 Å². The standard InChI is InChI=1S/C12H18FN/c1-8(2)14-10(4)11-7-5-6-9(3)12(11)13/h5-8,10,14H,1-4H3/t10-/m1/s1. The van der Waals surface area contributed by atoms with Gasteiger partial charge in [0, 0.05) is 17.6 Å². The van der Waals surface area contributed by atoms with E-state index in [-0.39, 0.29) is 11.9 Å². The molecule has 0 aliphatic carbocycles. The Morgan fingerprint density at radius 2 is 1.86 bits per heavy atom. The molecular weight excluding hydrogens is 177 g/mol. The first kappa shape index (κ1) is 11.2. The van der Waals surface area contributed by atoms with Crippen LogP contribution in [0.1, 0.15) is 37.9 Å². The van der Waals surface area contributed by atoms with E-state index in [9.17, 15) is 4.39 Å². The van der Waals surface area contributed by atoms with Gasteiger partial charge in [0.2, 0.25) is 0 Å². The summed E-state index contributed by atoms with van der Waals surface area (Å²) in [6, 6.07) is 5.95. The molecule has 0 aliphatic heterocycles. The Hall–Kier alpha value is -0.890. The van der Waals surface area contributed by atoms with E-state index in [4.69, 9.17) is 0 Å². The van der Waals surface area contributed by atoms with Crippen molar-refractivity contribution >= 4 is 0 Å². The fourth-order valence-electron chi connectivity index (χ4n) is 1.59. The summed E-state index contributed by atoms with van der Waals surface area (Å²) < 4.78 is 13.7. The van der Waals surface area contributed by atoms with Gasteiger partial charge in [-0.2, -0.15) is 0 Å². The highest BCUT2D eigenvalue weighted by Crippen LogP contribution is 2.19. The van der Waals surface area contributed by atoms with Gasteiger partial charge in [-0.05, 0) is 19.4 Å². The quantitative estimate of drug-likeness (QED) is 0.781. The van der Waals surface area contributed by atoms with Crippen molar-refractivity contribution in [2.45, 2.75) is 39.8 Å². The van der Waals surface area contributed by atoms with E-state index in [1.54, 1.807) is 13.0 Å². The van der Waals surface area contributed by atoms with Gasteiger partial charge >= 0.3 is 0 Å². The van der Waals surface area contributed by atoms with Gasteiger partial charge in [-0.3, -0.25) is 0 Å². The highest BCUT2D eigenvalue weighted by Gasteiger charge is 2.12. The van der Waals surface area contributed by atoms with Gasteiger partial charge in [0.05, 0.1) is 0 Å². The summed E-state index contributed by atoms with van der Waals surface area (Å²) in [6.45, 7) is 7.90. The van der Waals surface area contributed by atoms with E-state index in [1.807, 2.05) is 19.1 Å². The van der Waals surface area contributed by atoms with Crippen molar-refractivity contribution in [1.82, 2.24) is 5.32 Å². The lowest BCUT2D eigenvalue weighted by Crippen LogP contribution is -2.26. The van der Waals surface area contributed by atoms with Crippen LogP contribution in [0, 0.1) is 12.7 Å². The lowest BCUT2D eigenvalue weighted by atomic mass is 10.0. The molecular formula is C12H18FN. The first-order valence-corrected chi connectivity index (χ1v) is 5.03. The van der Waals surface area contributed by atoms with Crippen LogP contribution in [0.5, 0.6) is 0 Å². The summed E-state index contributed by atoms with van der Waals surface area (Å²) in [5, 5.41) is 3.29. The van der Waals surface area contributed by atoms with Crippen molar-refractivity contribution in [3.63, 3.8) is 0 Å². The van der Waals surface area contributed by atoms with Crippen LogP contribution in [0.15, 0.2) is 18.2 Å². The monoisotopic (exact) mass is 195 g/mol. The van der Waals surface area contributed by atoms with E-state index in [2.05, 4.69) is 19.2 Å². The molecule has 1 rings (SSSR count). The van der Waals surface area contributed by atoms with Gasteiger partial charge in [-0.25, -0.2) is 4.39 Å². The Bertz CT molecular complexity index is 307. The van der Waals surface area contributed by atoms with Crippen LogP contribution in [-0.2, 0) is 0 Å². The second-order valence-electron chi connectivity index (χ2n) is 4.02. The predicted octanol–water partition coefficient (Wildman–Crippen LogP) is 3.19. The zero-order chi connectivity index (χ0) is 10.7. The molecule has 0 fully saturated rings. The Labute approximate surface area is 85.3 Å². The second kappa shape index (κ2) is 4.56. The van der Waals surface area contributed by atoms with E-state index in [1.165, 1.54) is 0 Å². The highest BCUT2D eigenvalue weighted by molar-refractivity contribution is 5.27. The van der Waals surface area contributed by atoms with Crippen LogP contribution < -0.4 is 5.32 Å². The maximum atomic E-state index is 13.7. The Balaban J connectivity index is 2.89. The molecule has 0 aliphatic rings. The zero-order valence-electron chi connectivity index (χ0n) is 9.26.